The molecule has 5 nitrogen and oxygen atoms in total. The van der Waals surface area contributed by atoms with Crippen LogP contribution in [0, 0.1) is 0 Å². The minimum atomic E-state index is -0.883. The highest BCUT2D eigenvalue weighted by Gasteiger charge is 2.19. The average Bonchev–Trinajstić information content (AvgIpc) is 3.03. The zero-order chi connectivity index (χ0) is 19.4. The summed E-state index contributed by atoms with van der Waals surface area (Å²) in [7, 11) is 0. The quantitative estimate of drug-likeness (QED) is 0.536. The number of carboxylic acids is 1. The largest absolute Gasteiger partial charge is 0.489 e. The Morgan fingerprint density at radius 2 is 2.04 bits per heavy atom. The van der Waals surface area contributed by atoms with Crippen molar-refractivity contribution in [2.45, 2.75) is 39.0 Å². The number of H-pyrrole nitrogens is 1. The number of para-hydroxylation sites is 1. The fourth-order valence-corrected chi connectivity index (χ4v) is 3.26. The molecular weight excluding hydrogens is 364 g/mol. The molecule has 0 saturated carbocycles. The van der Waals surface area contributed by atoms with Gasteiger partial charge in [-0.25, -0.2) is 0 Å². The summed E-state index contributed by atoms with van der Waals surface area (Å²) in [6.07, 6.45) is 2.30. The number of rotatable bonds is 8. The van der Waals surface area contributed by atoms with Gasteiger partial charge < -0.3 is 20.1 Å². The Morgan fingerprint density at radius 1 is 1.26 bits per heavy atom. The van der Waals surface area contributed by atoms with Gasteiger partial charge in [-0.2, -0.15) is 0 Å². The van der Waals surface area contributed by atoms with Crippen molar-refractivity contribution in [3.63, 3.8) is 0 Å². The minimum Gasteiger partial charge on any atom is -0.489 e. The summed E-state index contributed by atoms with van der Waals surface area (Å²) < 4.78 is 5.62. The molecule has 0 aliphatic carbocycles. The Balaban J connectivity index is 1.68. The van der Waals surface area contributed by atoms with Gasteiger partial charge in [-0.1, -0.05) is 35.9 Å². The first kappa shape index (κ1) is 19.3. The van der Waals surface area contributed by atoms with Gasteiger partial charge in [-0.05, 0) is 43.2 Å². The third-order valence-electron chi connectivity index (χ3n) is 4.31. The minimum absolute atomic E-state index is 0.0408. The molecule has 142 valence electrons. The zero-order valence-corrected chi connectivity index (χ0v) is 16.1. The van der Waals surface area contributed by atoms with Crippen LogP contribution in [0.3, 0.4) is 0 Å². The molecule has 0 saturated heterocycles. The summed E-state index contributed by atoms with van der Waals surface area (Å²) in [5.41, 5.74) is 2.88. The average molecular weight is 387 g/mol. The van der Waals surface area contributed by atoms with Gasteiger partial charge in [0.05, 0.1) is 11.1 Å². The molecule has 0 radical (unpaired) electrons. The van der Waals surface area contributed by atoms with Crippen molar-refractivity contribution in [2.75, 3.05) is 0 Å². The van der Waals surface area contributed by atoms with E-state index in [1.54, 1.807) is 6.07 Å². The lowest BCUT2D eigenvalue weighted by molar-refractivity contribution is -0.139. The van der Waals surface area contributed by atoms with Crippen LogP contribution in [0.5, 0.6) is 5.75 Å². The summed E-state index contributed by atoms with van der Waals surface area (Å²) >= 11 is 6.26. The number of fused-ring (bicyclic) bond motifs is 1. The summed E-state index contributed by atoms with van der Waals surface area (Å²) in [5.74, 6) is -0.255. The van der Waals surface area contributed by atoms with E-state index in [-0.39, 0.29) is 6.10 Å². The first-order valence-electron chi connectivity index (χ1n) is 8.90. The molecule has 0 spiro atoms. The predicted octanol–water partition coefficient (Wildman–Crippen LogP) is 4.39. The molecule has 3 aromatic rings. The maximum Gasteiger partial charge on any atom is 0.321 e. The van der Waals surface area contributed by atoms with Gasteiger partial charge in [0, 0.05) is 30.1 Å². The molecule has 1 heterocycles. The number of nitrogens with one attached hydrogen (secondary N) is 2. The highest BCUT2D eigenvalue weighted by atomic mass is 35.5. The standard InChI is InChI=1S/C21H23ClN2O3/c1-13(2)27-20-8-7-14(9-17(20)22)11-23-19(21(25)26)10-15-12-24-18-6-4-3-5-16(15)18/h3-9,12-13,19,23-24H,10-11H2,1-2H3,(H,25,26)/t19-/m1/s1. The lowest BCUT2D eigenvalue weighted by Crippen LogP contribution is -2.38. The third-order valence-corrected chi connectivity index (χ3v) is 4.60. The van der Waals surface area contributed by atoms with Crippen LogP contribution >= 0.6 is 11.6 Å². The first-order chi connectivity index (χ1) is 12.9. The van der Waals surface area contributed by atoms with E-state index in [1.807, 2.05) is 56.4 Å². The van der Waals surface area contributed by atoms with Crippen LogP contribution in [-0.4, -0.2) is 28.2 Å². The number of carboxylic acid groups (broad SMARTS) is 1. The Morgan fingerprint density at radius 3 is 2.74 bits per heavy atom. The van der Waals surface area contributed by atoms with Gasteiger partial charge in [0.2, 0.25) is 0 Å². The van der Waals surface area contributed by atoms with Crippen LogP contribution < -0.4 is 10.1 Å². The highest BCUT2D eigenvalue weighted by Crippen LogP contribution is 2.26. The molecule has 2 aromatic carbocycles. The van der Waals surface area contributed by atoms with E-state index in [0.29, 0.717) is 23.7 Å². The summed E-state index contributed by atoms with van der Waals surface area (Å²) in [6, 6.07) is 12.7. The second kappa shape index (κ2) is 8.46. The topological polar surface area (TPSA) is 74.3 Å². The Kier molecular flexibility index (Phi) is 6.04. The van der Waals surface area contributed by atoms with Crippen molar-refractivity contribution < 1.29 is 14.6 Å². The van der Waals surface area contributed by atoms with E-state index in [2.05, 4.69) is 10.3 Å². The molecule has 1 aromatic heterocycles. The van der Waals surface area contributed by atoms with Crippen molar-refractivity contribution in [2.24, 2.45) is 0 Å². The molecule has 3 N–H and O–H groups in total. The molecule has 1 atom stereocenters. The SMILES string of the molecule is CC(C)Oc1ccc(CN[C@H](Cc2c[nH]c3ccccc23)C(=O)O)cc1Cl. The number of aliphatic carboxylic acids is 1. The van der Waals surface area contributed by atoms with Crippen LogP contribution in [0.15, 0.2) is 48.7 Å². The third kappa shape index (κ3) is 4.81. The lowest BCUT2D eigenvalue weighted by atomic mass is 10.0. The van der Waals surface area contributed by atoms with Crippen LogP contribution in [0.25, 0.3) is 10.9 Å². The summed E-state index contributed by atoms with van der Waals surface area (Å²) in [6.45, 7) is 4.28. The van der Waals surface area contributed by atoms with Crippen molar-refractivity contribution in [3.8, 4) is 5.75 Å². The number of aromatic nitrogens is 1. The molecule has 0 fully saturated rings. The van der Waals surface area contributed by atoms with Crippen molar-refractivity contribution in [1.82, 2.24) is 10.3 Å². The van der Waals surface area contributed by atoms with Gasteiger partial charge in [-0.3, -0.25) is 4.79 Å². The van der Waals surface area contributed by atoms with Crippen LogP contribution in [0.2, 0.25) is 5.02 Å². The Bertz CT molecular complexity index is 936. The van der Waals surface area contributed by atoms with Crippen LogP contribution in [-0.2, 0) is 17.8 Å². The molecule has 27 heavy (non-hydrogen) atoms. The second-order valence-electron chi connectivity index (χ2n) is 6.77. The normalized spacial score (nSPS) is 12.4. The molecule has 0 unspecified atom stereocenters. The number of hydrogen-bond acceptors (Lipinski definition) is 3. The number of ether oxygens (including phenoxy) is 1. The molecule has 3 rings (SSSR count). The van der Waals surface area contributed by atoms with Gasteiger partial charge >= 0.3 is 5.97 Å². The molecule has 0 amide bonds. The highest BCUT2D eigenvalue weighted by molar-refractivity contribution is 6.32. The van der Waals surface area contributed by atoms with Crippen molar-refractivity contribution in [1.29, 1.82) is 0 Å². The molecule has 0 bridgehead atoms. The molecule has 0 aliphatic heterocycles. The Hall–Kier alpha value is -2.50. The van der Waals surface area contributed by atoms with E-state index in [0.717, 1.165) is 22.0 Å². The molecular formula is C21H23ClN2O3. The number of aromatic amines is 1. The van der Waals surface area contributed by atoms with E-state index >= 15 is 0 Å². The fraction of sp³-hybridized carbons (Fsp3) is 0.286. The number of carbonyl (C=O) groups is 1. The molecule has 6 heteroatoms. The van der Waals surface area contributed by atoms with E-state index in [9.17, 15) is 9.90 Å². The predicted molar refractivity (Wildman–Crippen MR) is 107 cm³/mol. The van der Waals surface area contributed by atoms with Gasteiger partial charge in [-0.15, -0.1) is 0 Å². The van der Waals surface area contributed by atoms with Crippen LogP contribution in [0.4, 0.5) is 0 Å². The zero-order valence-electron chi connectivity index (χ0n) is 15.3. The van der Waals surface area contributed by atoms with Gasteiger partial charge in [0.25, 0.3) is 0 Å². The smallest absolute Gasteiger partial charge is 0.321 e. The van der Waals surface area contributed by atoms with Crippen LogP contribution in [0.1, 0.15) is 25.0 Å². The first-order valence-corrected chi connectivity index (χ1v) is 9.28. The monoisotopic (exact) mass is 386 g/mol. The van der Waals surface area contributed by atoms with Gasteiger partial charge in [0.15, 0.2) is 0 Å². The maximum absolute atomic E-state index is 11.7. The number of halogens is 1. The number of benzene rings is 2. The fourth-order valence-electron chi connectivity index (χ4n) is 3.01. The van der Waals surface area contributed by atoms with Gasteiger partial charge in [0.1, 0.15) is 11.8 Å². The lowest BCUT2D eigenvalue weighted by Gasteiger charge is -2.16. The second-order valence-corrected chi connectivity index (χ2v) is 7.17. The molecule has 0 aliphatic rings. The number of hydrogen-bond donors (Lipinski definition) is 3. The summed E-state index contributed by atoms with van der Waals surface area (Å²) in [5, 5.41) is 14.3. The van der Waals surface area contributed by atoms with E-state index < -0.39 is 12.0 Å². The summed E-state index contributed by atoms with van der Waals surface area (Å²) in [4.78, 5) is 14.9. The van der Waals surface area contributed by atoms with E-state index in [1.165, 1.54) is 0 Å². The van der Waals surface area contributed by atoms with E-state index in [4.69, 9.17) is 16.3 Å². The van der Waals surface area contributed by atoms with Crippen molar-refractivity contribution >= 4 is 28.5 Å². The maximum atomic E-state index is 11.7. The van der Waals surface area contributed by atoms with Crippen molar-refractivity contribution in [3.05, 3.63) is 64.8 Å². The Labute approximate surface area is 163 Å².